The molecule has 8 heteroatoms. The number of rotatable bonds is 3. The van der Waals surface area contributed by atoms with E-state index < -0.39 is 12.1 Å². The Bertz CT molecular complexity index is 731. The van der Waals surface area contributed by atoms with Gasteiger partial charge in [-0.3, -0.25) is 10.1 Å². The molecule has 1 aliphatic heterocycles. The number of amides is 3. The number of carbonyl (C=O) groups is 2. The van der Waals surface area contributed by atoms with Crippen LogP contribution in [0, 0.1) is 0 Å². The van der Waals surface area contributed by atoms with Crippen molar-refractivity contribution in [1.82, 2.24) is 15.6 Å². The van der Waals surface area contributed by atoms with Crippen molar-refractivity contribution in [3.63, 3.8) is 0 Å². The topological polar surface area (TPSA) is 92.3 Å². The van der Waals surface area contributed by atoms with Gasteiger partial charge in [0.25, 0.3) is 0 Å². The predicted octanol–water partition coefficient (Wildman–Crippen LogP) is 2.10. The summed E-state index contributed by atoms with van der Waals surface area (Å²) in [5.41, 5.74) is 0.790. The van der Waals surface area contributed by atoms with Crippen molar-refractivity contribution >= 4 is 38.6 Å². The van der Waals surface area contributed by atoms with Crippen LogP contribution in [0.3, 0.4) is 0 Å². The summed E-state index contributed by atoms with van der Waals surface area (Å²) in [5.74, 6) is 0.610. The smallest absolute Gasteiger partial charge is 0.321 e. The summed E-state index contributed by atoms with van der Waals surface area (Å²) in [4.78, 5) is 28.3. The maximum Gasteiger partial charge on any atom is 0.321 e. The molecule has 1 atom stereocenters. The second-order valence-corrected chi connectivity index (χ2v) is 6.32. The van der Waals surface area contributed by atoms with E-state index in [9.17, 15) is 9.59 Å². The molecule has 2 heterocycles. The first-order valence-electron chi connectivity index (χ1n) is 7.45. The second-order valence-electron chi connectivity index (χ2n) is 5.29. The Labute approximate surface area is 137 Å². The number of aromatic nitrogens is 1. The standard InChI is InChI=1S/C15H18N4O3S/c1-22-9-5-6-10-12(8-9)23-15(18-10)19-14(21)17-11-4-2-3-7-16-13(11)20/h5-6,8,11H,2-4,7H2,1H3,(H,16,20)(H2,17,18,19,21)/t11-/m0/s1. The number of urea groups is 1. The first kappa shape index (κ1) is 15.5. The van der Waals surface area contributed by atoms with Gasteiger partial charge in [0.05, 0.1) is 17.3 Å². The molecule has 3 rings (SSSR count). The average molecular weight is 334 g/mol. The van der Waals surface area contributed by atoms with Gasteiger partial charge in [0.15, 0.2) is 5.13 Å². The lowest BCUT2D eigenvalue weighted by atomic mass is 10.1. The molecule has 0 saturated carbocycles. The lowest BCUT2D eigenvalue weighted by molar-refractivity contribution is -0.122. The molecule has 0 radical (unpaired) electrons. The first-order valence-corrected chi connectivity index (χ1v) is 8.27. The molecular weight excluding hydrogens is 316 g/mol. The van der Waals surface area contributed by atoms with Gasteiger partial charge >= 0.3 is 6.03 Å². The zero-order valence-electron chi connectivity index (χ0n) is 12.7. The number of carbonyl (C=O) groups excluding carboxylic acids is 2. The van der Waals surface area contributed by atoms with Crippen LogP contribution in [0.5, 0.6) is 5.75 Å². The Balaban J connectivity index is 1.66. The highest BCUT2D eigenvalue weighted by Gasteiger charge is 2.22. The SMILES string of the molecule is COc1ccc2nc(NC(=O)N[C@H]3CCCCNC3=O)sc2c1. The number of nitrogens with zero attached hydrogens (tertiary/aromatic N) is 1. The number of hydrogen-bond donors (Lipinski definition) is 3. The average Bonchev–Trinajstić information content (AvgIpc) is 2.82. The van der Waals surface area contributed by atoms with Crippen LogP contribution < -0.4 is 20.7 Å². The molecule has 23 heavy (non-hydrogen) atoms. The molecule has 1 aliphatic rings. The van der Waals surface area contributed by atoms with Crippen LogP contribution in [-0.4, -0.2) is 36.6 Å². The number of benzene rings is 1. The van der Waals surface area contributed by atoms with Gasteiger partial charge in [-0.1, -0.05) is 11.3 Å². The third-order valence-electron chi connectivity index (χ3n) is 3.66. The van der Waals surface area contributed by atoms with Crippen molar-refractivity contribution in [3.05, 3.63) is 18.2 Å². The minimum Gasteiger partial charge on any atom is -0.497 e. The predicted molar refractivity (Wildman–Crippen MR) is 89.0 cm³/mol. The molecule has 1 fully saturated rings. The Morgan fingerprint density at radius 1 is 1.43 bits per heavy atom. The molecule has 0 bridgehead atoms. The fraction of sp³-hybridized carbons (Fsp3) is 0.400. The van der Waals surface area contributed by atoms with Crippen LogP contribution in [-0.2, 0) is 4.79 Å². The quantitative estimate of drug-likeness (QED) is 0.801. The highest BCUT2D eigenvalue weighted by atomic mass is 32.1. The first-order chi connectivity index (χ1) is 11.2. The number of ether oxygens (including phenoxy) is 1. The number of thiazole rings is 1. The van der Waals surface area contributed by atoms with Crippen molar-refractivity contribution < 1.29 is 14.3 Å². The monoisotopic (exact) mass is 334 g/mol. The minimum atomic E-state index is -0.494. The minimum absolute atomic E-state index is 0.133. The maximum absolute atomic E-state index is 12.1. The van der Waals surface area contributed by atoms with Gasteiger partial charge in [0, 0.05) is 6.54 Å². The fourth-order valence-electron chi connectivity index (χ4n) is 2.45. The molecule has 1 aromatic carbocycles. The van der Waals surface area contributed by atoms with Crippen molar-refractivity contribution in [2.75, 3.05) is 19.0 Å². The summed E-state index contributed by atoms with van der Waals surface area (Å²) in [6, 6.07) is 4.62. The summed E-state index contributed by atoms with van der Waals surface area (Å²) < 4.78 is 6.09. The van der Waals surface area contributed by atoms with Crippen molar-refractivity contribution in [2.24, 2.45) is 0 Å². The van der Waals surface area contributed by atoms with E-state index in [0.29, 0.717) is 18.1 Å². The van der Waals surface area contributed by atoms with E-state index in [1.807, 2.05) is 18.2 Å². The molecular formula is C15H18N4O3S. The molecule has 7 nitrogen and oxygen atoms in total. The normalized spacial score (nSPS) is 18.1. The number of methoxy groups -OCH3 is 1. The summed E-state index contributed by atoms with van der Waals surface area (Å²) in [7, 11) is 1.60. The molecule has 0 unspecified atom stereocenters. The van der Waals surface area contributed by atoms with Crippen LogP contribution >= 0.6 is 11.3 Å². The van der Waals surface area contributed by atoms with Crippen LogP contribution in [0.1, 0.15) is 19.3 Å². The van der Waals surface area contributed by atoms with Crippen LogP contribution in [0.2, 0.25) is 0 Å². The van der Waals surface area contributed by atoms with Gasteiger partial charge in [0.1, 0.15) is 11.8 Å². The number of anilines is 1. The zero-order valence-corrected chi connectivity index (χ0v) is 13.5. The molecule has 0 aliphatic carbocycles. The van der Waals surface area contributed by atoms with Gasteiger partial charge in [-0.2, -0.15) is 0 Å². The highest BCUT2D eigenvalue weighted by molar-refractivity contribution is 7.22. The Kier molecular flexibility index (Phi) is 4.61. The fourth-order valence-corrected chi connectivity index (χ4v) is 3.34. The molecule has 122 valence electrons. The lowest BCUT2D eigenvalue weighted by Gasteiger charge is -2.14. The molecule has 1 aromatic heterocycles. The van der Waals surface area contributed by atoms with Gasteiger partial charge in [-0.15, -0.1) is 0 Å². The van der Waals surface area contributed by atoms with Crippen LogP contribution in [0.4, 0.5) is 9.93 Å². The van der Waals surface area contributed by atoms with Gasteiger partial charge < -0.3 is 15.4 Å². The van der Waals surface area contributed by atoms with Crippen molar-refractivity contribution in [3.8, 4) is 5.75 Å². The maximum atomic E-state index is 12.1. The van der Waals surface area contributed by atoms with E-state index in [2.05, 4.69) is 20.9 Å². The zero-order chi connectivity index (χ0) is 16.2. The van der Waals surface area contributed by atoms with Crippen LogP contribution in [0.25, 0.3) is 10.2 Å². The summed E-state index contributed by atoms with van der Waals surface area (Å²) in [6.45, 7) is 0.665. The summed E-state index contributed by atoms with van der Waals surface area (Å²) in [5, 5.41) is 8.67. The van der Waals surface area contributed by atoms with Crippen LogP contribution in [0.15, 0.2) is 18.2 Å². The summed E-state index contributed by atoms with van der Waals surface area (Å²) in [6.07, 6.45) is 2.49. The number of hydrogen-bond acceptors (Lipinski definition) is 5. The van der Waals surface area contributed by atoms with E-state index in [4.69, 9.17) is 4.74 Å². The second kappa shape index (κ2) is 6.82. The van der Waals surface area contributed by atoms with Crippen molar-refractivity contribution in [2.45, 2.75) is 25.3 Å². The number of nitrogens with one attached hydrogen (secondary N) is 3. The Hall–Kier alpha value is -2.35. The van der Waals surface area contributed by atoms with E-state index in [-0.39, 0.29) is 5.91 Å². The molecule has 3 N–H and O–H groups in total. The van der Waals surface area contributed by atoms with E-state index in [1.54, 1.807) is 7.11 Å². The van der Waals surface area contributed by atoms with Crippen molar-refractivity contribution in [1.29, 1.82) is 0 Å². The third kappa shape index (κ3) is 3.70. The number of fused-ring (bicyclic) bond motifs is 1. The molecule has 2 aromatic rings. The molecule has 3 amide bonds. The van der Waals surface area contributed by atoms with Gasteiger partial charge in [-0.05, 0) is 37.5 Å². The largest absolute Gasteiger partial charge is 0.497 e. The molecule has 1 saturated heterocycles. The lowest BCUT2D eigenvalue weighted by Crippen LogP contribution is -2.46. The summed E-state index contributed by atoms with van der Waals surface area (Å²) >= 11 is 1.36. The van der Waals surface area contributed by atoms with Gasteiger partial charge in [0.2, 0.25) is 5.91 Å². The van der Waals surface area contributed by atoms with E-state index in [0.717, 1.165) is 28.8 Å². The van der Waals surface area contributed by atoms with E-state index >= 15 is 0 Å². The Morgan fingerprint density at radius 3 is 3.13 bits per heavy atom. The Morgan fingerprint density at radius 2 is 2.30 bits per heavy atom. The van der Waals surface area contributed by atoms with E-state index in [1.165, 1.54) is 11.3 Å². The highest BCUT2D eigenvalue weighted by Crippen LogP contribution is 2.29. The van der Waals surface area contributed by atoms with Gasteiger partial charge in [-0.25, -0.2) is 9.78 Å². The third-order valence-corrected chi connectivity index (χ3v) is 4.59. The molecule has 0 spiro atoms.